The number of halogens is 2. The second-order valence-corrected chi connectivity index (χ2v) is 14.7. The number of likely N-dealkylation sites (N-methyl/N-ethyl adjacent to an activating group) is 1. The summed E-state index contributed by atoms with van der Waals surface area (Å²) in [6.45, 7) is 9.83. The summed E-state index contributed by atoms with van der Waals surface area (Å²) < 4.78 is 43.3. The van der Waals surface area contributed by atoms with Crippen molar-refractivity contribution < 1.29 is 47.0 Å². The van der Waals surface area contributed by atoms with Crippen LogP contribution in [0.4, 0.5) is 8.78 Å². The number of Topliss-reactive ketones (excluding diaryl/α,β-unsaturated/α-hetero) is 1. The molecule has 0 aromatic heterocycles. The lowest BCUT2D eigenvalue weighted by molar-refractivity contribution is -0.870. The van der Waals surface area contributed by atoms with Gasteiger partial charge in [0.25, 0.3) is 0 Å². The molecule has 0 amide bonds. The van der Waals surface area contributed by atoms with Crippen molar-refractivity contribution in [2.45, 2.75) is 91.1 Å². The number of carbonyl (C=O) groups is 4. The molecule has 0 aromatic carbocycles. The van der Waals surface area contributed by atoms with Gasteiger partial charge in [-0.15, -0.1) is 0 Å². The van der Waals surface area contributed by atoms with E-state index in [1.165, 1.54) is 25.2 Å². The Morgan fingerprint density at radius 1 is 1.11 bits per heavy atom. The molecule has 0 radical (unpaired) electrons. The Morgan fingerprint density at radius 3 is 2.36 bits per heavy atom. The number of rotatable bonds is 9. The van der Waals surface area contributed by atoms with Crippen molar-refractivity contribution in [2.24, 2.45) is 34.5 Å². The van der Waals surface area contributed by atoms with Crippen LogP contribution in [0.2, 0.25) is 0 Å². The minimum absolute atomic E-state index is 0.0524. The summed E-state index contributed by atoms with van der Waals surface area (Å²) in [4.78, 5) is 47.4. The Bertz CT molecular complexity index is 1180. The number of fused-ring (bicyclic) bond motifs is 5. The molecule has 0 heterocycles. The van der Waals surface area contributed by atoms with Gasteiger partial charge in [-0.25, -0.2) is 8.78 Å². The number of ketones is 2. The lowest BCUT2D eigenvalue weighted by Gasteiger charge is -2.62. The van der Waals surface area contributed by atoms with Gasteiger partial charge >= 0.3 is 11.9 Å². The number of ether oxygens (including phenoxy) is 2. The first kappa shape index (κ1) is 36.0. The molecule has 4 rings (SSSR count). The number of hydrogen-bond donors (Lipinski definition) is 1. The van der Waals surface area contributed by atoms with Crippen molar-refractivity contribution in [3.8, 4) is 0 Å². The van der Waals surface area contributed by atoms with Crippen LogP contribution in [0.1, 0.15) is 73.1 Å². The van der Waals surface area contributed by atoms with Crippen molar-refractivity contribution in [3.63, 3.8) is 0 Å². The average Bonchev–Trinajstić information content (AvgIpc) is 3.17. The molecule has 9 atom stereocenters. The zero-order chi connectivity index (χ0) is 33.3. The molecule has 4 aliphatic rings. The zero-order valence-electron chi connectivity index (χ0n) is 27.7. The molecule has 10 heteroatoms. The van der Waals surface area contributed by atoms with Gasteiger partial charge in [0.15, 0.2) is 17.2 Å². The molecule has 0 saturated heterocycles. The quantitative estimate of drug-likeness (QED) is 0.292. The fourth-order valence-electron chi connectivity index (χ4n) is 8.35. The number of esters is 2. The second kappa shape index (κ2) is 13.5. The fraction of sp³-hybridized carbons (Fsp3) is 0.765. The lowest BCUT2D eigenvalue weighted by atomic mass is 9.45. The normalized spacial score (nSPS) is 37.4. The number of alkyl halides is 2. The Hall–Kier alpha value is -2.46. The van der Waals surface area contributed by atoms with E-state index >= 15 is 8.78 Å². The van der Waals surface area contributed by atoms with Gasteiger partial charge in [-0.2, -0.15) is 0 Å². The van der Waals surface area contributed by atoms with Crippen molar-refractivity contribution in [1.82, 2.24) is 0 Å². The molecular formula is C34H52F2NO7+. The Labute approximate surface area is 260 Å². The number of unbranched alkanes of at least 4 members (excludes halogenated alkanes) is 1. The largest absolute Gasteiger partial charge is 0.460 e. The summed E-state index contributed by atoms with van der Waals surface area (Å²) in [5.41, 5.74) is -4.21. The molecule has 0 aliphatic heterocycles. The van der Waals surface area contributed by atoms with Gasteiger partial charge in [0, 0.05) is 30.6 Å². The van der Waals surface area contributed by atoms with E-state index in [0.717, 1.165) is 17.4 Å². The van der Waals surface area contributed by atoms with Gasteiger partial charge in [0.1, 0.15) is 25.9 Å². The molecule has 0 spiro atoms. The van der Waals surface area contributed by atoms with E-state index in [2.05, 4.69) is 21.1 Å². The Morgan fingerprint density at radius 2 is 1.77 bits per heavy atom. The topological polar surface area (TPSA) is 107 Å². The van der Waals surface area contributed by atoms with E-state index in [9.17, 15) is 24.3 Å². The first-order valence-electron chi connectivity index (χ1n) is 15.9. The van der Waals surface area contributed by atoms with E-state index in [0.29, 0.717) is 19.4 Å². The first-order chi connectivity index (χ1) is 20.3. The smallest absolute Gasteiger partial charge is 0.306 e. The number of allylic oxidation sites excluding steroid dienone is 4. The van der Waals surface area contributed by atoms with E-state index in [-0.39, 0.29) is 60.8 Å². The summed E-state index contributed by atoms with van der Waals surface area (Å²) in [7, 11) is 6.18. The number of hydrogen-bond acceptors (Lipinski definition) is 7. The number of aliphatic hydroxyl groups excluding tert-OH is 1. The van der Waals surface area contributed by atoms with Crippen LogP contribution in [-0.2, 0) is 28.7 Å². The van der Waals surface area contributed by atoms with E-state index in [1.54, 1.807) is 6.92 Å². The highest BCUT2D eigenvalue weighted by Crippen LogP contribution is 2.70. The maximum Gasteiger partial charge on any atom is 0.306 e. The van der Waals surface area contributed by atoms with Gasteiger partial charge in [-0.1, -0.05) is 33.3 Å². The van der Waals surface area contributed by atoms with Gasteiger partial charge in [0.05, 0.1) is 27.2 Å². The van der Waals surface area contributed by atoms with Crippen LogP contribution in [0.5, 0.6) is 0 Å². The van der Waals surface area contributed by atoms with Crippen LogP contribution < -0.4 is 0 Å². The number of aliphatic hydroxyl groups is 1. The number of carbonyl (C=O) groups excluding carboxylic acids is 4. The molecule has 44 heavy (non-hydrogen) atoms. The second-order valence-electron chi connectivity index (χ2n) is 14.7. The molecule has 4 aliphatic carbocycles. The maximum atomic E-state index is 17.1. The number of nitrogens with zero attached hydrogens (tertiary/aromatic N) is 1. The van der Waals surface area contributed by atoms with Crippen LogP contribution in [0.3, 0.4) is 0 Å². The standard InChI is InChI=1S/C27H36F2O5.C7H16NO2/c1-5-6-7-23(33)34-14-21(31)24-15(2)10-17-18-12-20(28)19-11-16(30)8-9-26(19,4)27(18,29)22(32)13-25(17,24)3;1-7(9)10-6-5-8(2,3)4/h8-9,11,15,17-18,20,22,24,32H,5-7,10,12-14H2,1-4H3;5-6H2,1-4H3/q;+1/t15-,17+,18+,20+,22+,24-,25+,26+,27+;/m1./s1. The first-order valence-corrected chi connectivity index (χ1v) is 15.9. The molecule has 1 N–H and O–H groups in total. The average molecular weight is 625 g/mol. The highest BCUT2D eigenvalue weighted by Gasteiger charge is 2.73. The van der Waals surface area contributed by atoms with Crippen LogP contribution in [0.15, 0.2) is 23.8 Å². The molecule has 8 nitrogen and oxygen atoms in total. The maximum absolute atomic E-state index is 17.1. The third-order valence-corrected chi connectivity index (χ3v) is 10.5. The minimum atomic E-state index is -2.15. The molecule has 248 valence electrons. The van der Waals surface area contributed by atoms with E-state index in [1.807, 2.05) is 20.8 Å². The Kier molecular flexibility index (Phi) is 11.0. The zero-order valence-corrected chi connectivity index (χ0v) is 27.7. The predicted molar refractivity (Wildman–Crippen MR) is 162 cm³/mol. The highest BCUT2D eigenvalue weighted by molar-refractivity contribution is 6.01. The van der Waals surface area contributed by atoms with Crippen LogP contribution in [0.25, 0.3) is 0 Å². The van der Waals surface area contributed by atoms with Crippen LogP contribution in [0, 0.1) is 34.5 Å². The molecule has 0 unspecified atom stereocenters. The molecule has 3 fully saturated rings. The summed E-state index contributed by atoms with van der Waals surface area (Å²) >= 11 is 0. The van der Waals surface area contributed by atoms with E-state index in [4.69, 9.17) is 9.47 Å². The number of quaternary nitrogens is 1. The third-order valence-electron chi connectivity index (χ3n) is 10.5. The third kappa shape index (κ3) is 7.01. The SMILES string of the molecule is CC(=O)OCC[N+](C)(C)C.CCCCC(=O)OCC(=O)[C@H]1[C@H](C)C[C@H]2[C@@H]3C[C@H](F)C4=CC(=O)C=C[C@]4(C)[C@@]3(F)[C@@H](O)C[C@@]21C. The monoisotopic (exact) mass is 624 g/mol. The molecule has 0 aromatic rings. The minimum Gasteiger partial charge on any atom is -0.460 e. The predicted octanol–water partition coefficient (Wildman–Crippen LogP) is 4.73. The molecule has 3 saturated carbocycles. The van der Waals surface area contributed by atoms with Crippen molar-refractivity contribution >= 4 is 23.5 Å². The summed E-state index contributed by atoms with van der Waals surface area (Å²) in [5, 5.41) is 11.3. The van der Waals surface area contributed by atoms with Crippen LogP contribution >= 0.6 is 0 Å². The molecular weight excluding hydrogens is 572 g/mol. The summed E-state index contributed by atoms with van der Waals surface area (Å²) in [6, 6.07) is 0. The summed E-state index contributed by atoms with van der Waals surface area (Å²) in [5.74, 6) is -2.95. The van der Waals surface area contributed by atoms with Crippen LogP contribution in [-0.4, -0.2) is 91.9 Å². The highest BCUT2D eigenvalue weighted by atomic mass is 19.1. The lowest BCUT2D eigenvalue weighted by Crippen LogP contribution is -2.68. The van der Waals surface area contributed by atoms with E-state index < -0.39 is 46.6 Å². The summed E-state index contributed by atoms with van der Waals surface area (Å²) in [6.07, 6.45) is 3.20. The van der Waals surface area contributed by atoms with Gasteiger partial charge in [-0.05, 0) is 67.6 Å². The fourth-order valence-corrected chi connectivity index (χ4v) is 8.35. The van der Waals surface area contributed by atoms with Crippen molar-refractivity contribution in [2.75, 3.05) is 40.9 Å². The van der Waals surface area contributed by atoms with Crippen molar-refractivity contribution in [3.05, 3.63) is 23.8 Å². The van der Waals surface area contributed by atoms with Gasteiger partial charge in [-0.3, -0.25) is 19.2 Å². The Balaban J connectivity index is 0.000000456. The van der Waals surface area contributed by atoms with Crippen molar-refractivity contribution in [1.29, 1.82) is 0 Å². The van der Waals surface area contributed by atoms with Gasteiger partial charge < -0.3 is 19.1 Å². The molecule has 0 bridgehead atoms. The van der Waals surface area contributed by atoms with Gasteiger partial charge in [0.2, 0.25) is 0 Å².